The Hall–Kier alpha value is -3.41. The maximum absolute atomic E-state index is 12.6. The lowest BCUT2D eigenvalue weighted by Crippen LogP contribution is -2.28. The van der Waals surface area contributed by atoms with E-state index in [2.05, 4.69) is 15.2 Å². The number of rotatable bonds is 7. The smallest absolute Gasteiger partial charge is 0.333 e. The summed E-state index contributed by atoms with van der Waals surface area (Å²) in [6.45, 7) is 2.66. The third kappa shape index (κ3) is 5.35. The molecule has 2 aromatic carbocycles. The monoisotopic (exact) mass is 402 g/mol. The van der Waals surface area contributed by atoms with Crippen LogP contribution in [-0.2, 0) is 22.7 Å². The maximum atomic E-state index is 12.6. The number of esters is 1. The zero-order valence-electron chi connectivity index (χ0n) is 17.0. The summed E-state index contributed by atoms with van der Waals surface area (Å²) in [5, 5.41) is 8.24. The van der Waals surface area contributed by atoms with Crippen molar-refractivity contribution in [1.29, 1.82) is 0 Å². The van der Waals surface area contributed by atoms with Crippen LogP contribution < -0.4 is 0 Å². The van der Waals surface area contributed by atoms with Crippen LogP contribution in [0, 0.1) is 0 Å². The molecule has 0 aliphatic carbocycles. The van der Waals surface area contributed by atoms with E-state index in [0.717, 1.165) is 42.8 Å². The summed E-state index contributed by atoms with van der Waals surface area (Å²) in [6.07, 6.45) is 6.94. The molecule has 6 nitrogen and oxygen atoms in total. The number of benzene rings is 2. The molecule has 0 spiro atoms. The Balaban J connectivity index is 1.40. The average molecular weight is 402 g/mol. The van der Waals surface area contributed by atoms with Gasteiger partial charge in [0, 0.05) is 19.2 Å². The summed E-state index contributed by atoms with van der Waals surface area (Å²) >= 11 is 0. The van der Waals surface area contributed by atoms with Gasteiger partial charge in [-0.3, -0.25) is 0 Å². The van der Waals surface area contributed by atoms with E-state index < -0.39 is 0 Å². The molecule has 30 heavy (non-hydrogen) atoms. The van der Waals surface area contributed by atoms with Gasteiger partial charge in [0.25, 0.3) is 0 Å². The number of aromatic nitrogens is 3. The summed E-state index contributed by atoms with van der Waals surface area (Å²) in [5.41, 5.74) is 3.73. The molecule has 0 N–H and O–H groups in total. The SMILES string of the molecule is O=C(/C=C(\c1ccccc1)N1CCCCC1)OCc1cn(Cc2ccccc2)nn1. The van der Waals surface area contributed by atoms with E-state index in [1.807, 2.05) is 66.9 Å². The Morgan fingerprint density at radius 2 is 1.67 bits per heavy atom. The molecule has 3 aromatic rings. The first-order valence-corrected chi connectivity index (χ1v) is 10.4. The van der Waals surface area contributed by atoms with E-state index in [1.165, 1.54) is 6.42 Å². The Kier molecular flexibility index (Phi) is 6.54. The summed E-state index contributed by atoms with van der Waals surface area (Å²) in [5.74, 6) is -0.364. The van der Waals surface area contributed by atoms with Gasteiger partial charge < -0.3 is 9.64 Å². The van der Waals surface area contributed by atoms with Gasteiger partial charge in [-0.1, -0.05) is 65.9 Å². The highest BCUT2D eigenvalue weighted by Crippen LogP contribution is 2.23. The normalized spacial score (nSPS) is 14.5. The van der Waals surface area contributed by atoms with Crippen LogP contribution in [0.2, 0.25) is 0 Å². The van der Waals surface area contributed by atoms with Gasteiger partial charge in [0.15, 0.2) is 0 Å². The highest BCUT2D eigenvalue weighted by Gasteiger charge is 2.17. The first-order chi connectivity index (χ1) is 14.8. The first-order valence-electron chi connectivity index (χ1n) is 10.4. The second-order valence-electron chi connectivity index (χ2n) is 7.44. The zero-order chi connectivity index (χ0) is 20.6. The van der Waals surface area contributed by atoms with Crippen LogP contribution in [0.3, 0.4) is 0 Å². The topological polar surface area (TPSA) is 60.2 Å². The highest BCUT2D eigenvalue weighted by atomic mass is 16.5. The lowest BCUT2D eigenvalue weighted by molar-refractivity contribution is -0.139. The first kappa shape index (κ1) is 19.9. The molecular formula is C24H26N4O2. The van der Waals surface area contributed by atoms with E-state index in [-0.39, 0.29) is 12.6 Å². The van der Waals surface area contributed by atoms with Gasteiger partial charge in [-0.25, -0.2) is 9.48 Å². The number of ether oxygens (including phenoxy) is 1. The lowest BCUT2D eigenvalue weighted by atomic mass is 10.1. The molecule has 0 unspecified atom stereocenters. The minimum Gasteiger partial charge on any atom is -0.456 e. The molecule has 0 bridgehead atoms. The number of carbonyl (C=O) groups excluding carboxylic acids is 1. The summed E-state index contributed by atoms with van der Waals surface area (Å²) < 4.78 is 7.22. The van der Waals surface area contributed by atoms with Crippen molar-refractivity contribution < 1.29 is 9.53 Å². The number of nitrogens with zero attached hydrogens (tertiary/aromatic N) is 4. The quantitative estimate of drug-likeness (QED) is 0.443. The molecule has 2 heterocycles. The van der Waals surface area contributed by atoms with Gasteiger partial charge in [-0.2, -0.15) is 0 Å². The molecule has 1 aliphatic heterocycles. The van der Waals surface area contributed by atoms with Crippen molar-refractivity contribution in [2.45, 2.75) is 32.4 Å². The number of likely N-dealkylation sites (tertiary alicyclic amines) is 1. The zero-order valence-corrected chi connectivity index (χ0v) is 17.0. The van der Waals surface area contributed by atoms with Crippen LogP contribution in [0.15, 0.2) is 72.9 Å². The van der Waals surface area contributed by atoms with E-state index in [1.54, 1.807) is 10.8 Å². The van der Waals surface area contributed by atoms with Gasteiger partial charge in [0.1, 0.15) is 12.3 Å². The molecule has 0 radical (unpaired) electrons. The molecule has 0 saturated carbocycles. The third-order valence-corrected chi connectivity index (χ3v) is 5.16. The molecular weight excluding hydrogens is 376 g/mol. The van der Waals surface area contributed by atoms with Crippen molar-refractivity contribution in [1.82, 2.24) is 19.9 Å². The minimum absolute atomic E-state index is 0.103. The van der Waals surface area contributed by atoms with Crippen LogP contribution in [0.4, 0.5) is 0 Å². The number of carbonyl (C=O) groups is 1. The van der Waals surface area contributed by atoms with Crippen LogP contribution in [-0.4, -0.2) is 39.0 Å². The third-order valence-electron chi connectivity index (χ3n) is 5.16. The van der Waals surface area contributed by atoms with Gasteiger partial charge in [0.05, 0.1) is 18.4 Å². The predicted molar refractivity (Wildman–Crippen MR) is 115 cm³/mol. The fourth-order valence-electron chi connectivity index (χ4n) is 3.65. The van der Waals surface area contributed by atoms with Gasteiger partial charge in [-0.05, 0) is 30.4 Å². The molecule has 1 aromatic heterocycles. The van der Waals surface area contributed by atoms with E-state index in [4.69, 9.17) is 4.74 Å². The van der Waals surface area contributed by atoms with E-state index in [0.29, 0.717) is 12.2 Å². The van der Waals surface area contributed by atoms with E-state index in [9.17, 15) is 4.79 Å². The number of hydrogen-bond acceptors (Lipinski definition) is 5. The van der Waals surface area contributed by atoms with Crippen molar-refractivity contribution in [3.63, 3.8) is 0 Å². The fourth-order valence-corrected chi connectivity index (χ4v) is 3.65. The second-order valence-corrected chi connectivity index (χ2v) is 7.44. The van der Waals surface area contributed by atoms with Crippen molar-refractivity contribution >= 4 is 11.7 Å². The van der Waals surface area contributed by atoms with Gasteiger partial charge in [0.2, 0.25) is 0 Å². The van der Waals surface area contributed by atoms with Crippen LogP contribution >= 0.6 is 0 Å². The van der Waals surface area contributed by atoms with Gasteiger partial charge >= 0.3 is 5.97 Å². The Morgan fingerprint density at radius 3 is 2.40 bits per heavy atom. The van der Waals surface area contributed by atoms with Crippen LogP contribution in [0.1, 0.15) is 36.1 Å². The second kappa shape index (κ2) is 9.87. The van der Waals surface area contributed by atoms with Crippen LogP contribution in [0.25, 0.3) is 5.70 Å². The fraction of sp³-hybridized carbons (Fsp3) is 0.292. The van der Waals surface area contributed by atoms with Crippen molar-refractivity contribution in [3.8, 4) is 0 Å². The molecule has 0 amide bonds. The minimum atomic E-state index is -0.364. The average Bonchev–Trinajstić information content (AvgIpc) is 3.25. The molecule has 0 atom stereocenters. The molecule has 1 aliphatic rings. The predicted octanol–water partition coefficient (Wildman–Crippen LogP) is 3.90. The van der Waals surface area contributed by atoms with Crippen molar-refractivity contribution in [2.75, 3.05) is 13.1 Å². The number of hydrogen-bond donors (Lipinski definition) is 0. The largest absolute Gasteiger partial charge is 0.456 e. The molecule has 1 saturated heterocycles. The van der Waals surface area contributed by atoms with Gasteiger partial charge in [-0.15, -0.1) is 5.10 Å². The summed E-state index contributed by atoms with van der Waals surface area (Å²) in [4.78, 5) is 14.8. The Labute approximate surface area is 176 Å². The van der Waals surface area contributed by atoms with Crippen molar-refractivity contribution in [3.05, 3.63) is 89.8 Å². The molecule has 4 rings (SSSR count). The Morgan fingerprint density at radius 1 is 0.967 bits per heavy atom. The number of piperidine rings is 1. The molecule has 6 heteroatoms. The molecule has 1 fully saturated rings. The van der Waals surface area contributed by atoms with Crippen molar-refractivity contribution in [2.24, 2.45) is 0 Å². The summed E-state index contributed by atoms with van der Waals surface area (Å²) in [7, 11) is 0. The molecule has 154 valence electrons. The Bertz CT molecular complexity index is 977. The van der Waals surface area contributed by atoms with Crippen LogP contribution in [0.5, 0.6) is 0 Å². The van der Waals surface area contributed by atoms with E-state index >= 15 is 0 Å². The highest BCUT2D eigenvalue weighted by molar-refractivity contribution is 5.90. The standard InChI is InChI=1S/C24H26N4O2/c29-24(16-23(21-12-6-2-7-13-21)27-14-8-3-9-15-27)30-19-22-18-28(26-25-22)17-20-10-4-1-5-11-20/h1-2,4-7,10-13,16,18H,3,8-9,14-15,17,19H2/b23-16+. The lowest BCUT2D eigenvalue weighted by Gasteiger charge is -2.31. The maximum Gasteiger partial charge on any atom is 0.333 e. The summed E-state index contributed by atoms with van der Waals surface area (Å²) in [6, 6.07) is 20.1.